The lowest BCUT2D eigenvalue weighted by Crippen LogP contribution is -2.45. The van der Waals surface area contributed by atoms with Gasteiger partial charge in [-0.2, -0.15) is 0 Å². The van der Waals surface area contributed by atoms with Crippen LogP contribution < -0.4 is 0 Å². The van der Waals surface area contributed by atoms with Crippen LogP contribution in [0.3, 0.4) is 0 Å². The predicted molar refractivity (Wildman–Crippen MR) is 110 cm³/mol. The third-order valence-corrected chi connectivity index (χ3v) is 5.68. The fraction of sp³-hybridized carbons (Fsp3) is 0.208. The van der Waals surface area contributed by atoms with Crippen LogP contribution in [0.1, 0.15) is 21.5 Å². The molecule has 1 heterocycles. The normalized spacial score (nSPS) is 17.3. The Morgan fingerprint density at radius 3 is 2.19 bits per heavy atom. The van der Waals surface area contributed by atoms with Gasteiger partial charge in [0.05, 0.1) is 0 Å². The van der Waals surface area contributed by atoms with Gasteiger partial charge in [-0.15, -0.1) is 0 Å². The second kappa shape index (κ2) is 6.67. The van der Waals surface area contributed by atoms with Gasteiger partial charge in [-0.3, -0.25) is 9.69 Å². The van der Waals surface area contributed by atoms with Gasteiger partial charge in [0.25, 0.3) is 0 Å². The maximum absolute atomic E-state index is 12.7. The Morgan fingerprint density at radius 2 is 1.44 bits per heavy atom. The summed E-state index contributed by atoms with van der Waals surface area (Å²) in [7, 11) is 0. The van der Waals surface area contributed by atoms with Crippen molar-refractivity contribution in [3.05, 3.63) is 89.5 Å². The van der Waals surface area contributed by atoms with Crippen molar-refractivity contribution in [3.8, 4) is 0 Å². The molecule has 1 saturated heterocycles. The topological polar surface area (TPSA) is 23.6 Å². The van der Waals surface area contributed by atoms with Crippen molar-refractivity contribution in [3.63, 3.8) is 0 Å². The zero-order valence-electron chi connectivity index (χ0n) is 15.3. The van der Waals surface area contributed by atoms with Crippen molar-refractivity contribution in [1.82, 2.24) is 9.80 Å². The number of nitrogens with zero attached hydrogens (tertiary/aromatic N) is 2. The van der Waals surface area contributed by atoms with Crippen molar-refractivity contribution in [2.75, 3.05) is 26.2 Å². The molecule has 134 valence electrons. The van der Waals surface area contributed by atoms with Crippen LogP contribution in [0, 0.1) is 0 Å². The standard InChI is InChI=1S/C24H22N2O/c27-23-16-22(20-10-4-8-19-9-5-11-21(23)24(19)20)26-14-12-25(13-15-26)17-18-6-2-1-3-7-18/h1-11,16H,12-15,17H2. The molecule has 1 aliphatic carbocycles. The molecular formula is C24H22N2O. The molecule has 0 aromatic heterocycles. The fourth-order valence-electron chi connectivity index (χ4n) is 4.29. The monoisotopic (exact) mass is 354 g/mol. The smallest absolute Gasteiger partial charge is 0.188 e. The Balaban J connectivity index is 1.38. The molecule has 0 saturated carbocycles. The van der Waals surface area contributed by atoms with Gasteiger partial charge in [0.2, 0.25) is 0 Å². The van der Waals surface area contributed by atoms with E-state index in [4.69, 9.17) is 0 Å². The van der Waals surface area contributed by atoms with Gasteiger partial charge in [0.15, 0.2) is 5.78 Å². The molecule has 3 heteroatoms. The number of ketones is 1. The van der Waals surface area contributed by atoms with Crippen LogP contribution in [0.5, 0.6) is 0 Å². The van der Waals surface area contributed by atoms with E-state index < -0.39 is 0 Å². The second-order valence-corrected chi connectivity index (χ2v) is 7.35. The van der Waals surface area contributed by atoms with Gasteiger partial charge >= 0.3 is 0 Å². The molecule has 3 aromatic carbocycles. The van der Waals surface area contributed by atoms with E-state index in [0.29, 0.717) is 0 Å². The van der Waals surface area contributed by atoms with Crippen LogP contribution in [-0.4, -0.2) is 41.8 Å². The summed E-state index contributed by atoms with van der Waals surface area (Å²) in [6.07, 6.45) is 1.84. The molecule has 0 amide bonds. The first-order valence-electron chi connectivity index (χ1n) is 9.59. The first-order chi connectivity index (χ1) is 13.3. The van der Waals surface area contributed by atoms with Gasteiger partial charge < -0.3 is 4.90 Å². The number of rotatable bonds is 3. The minimum absolute atomic E-state index is 0.126. The molecule has 2 aliphatic rings. The summed E-state index contributed by atoms with van der Waals surface area (Å²) >= 11 is 0. The Bertz CT molecular complexity index is 1030. The molecule has 0 spiro atoms. The minimum Gasteiger partial charge on any atom is -0.368 e. The van der Waals surface area contributed by atoms with E-state index in [1.807, 2.05) is 18.2 Å². The lowest BCUT2D eigenvalue weighted by molar-refractivity contribution is 0.104. The summed E-state index contributed by atoms with van der Waals surface area (Å²) in [5.41, 5.74) is 4.47. The molecule has 0 atom stereocenters. The predicted octanol–water partition coefficient (Wildman–Crippen LogP) is 4.19. The summed E-state index contributed by atoms with van der Waals surface area (Å²) in [6, 6.07) is 23.0. The van der Waals surface area contributed by atoms with Crippen LogP contribution in [0.25, 0.3) is 16.5 Å². The molecule has 0 bridgehead atoms. The van der Waals surface area contributed by atoms with Gasteiger partial charge in [-0.1, -0.05) is 66.7 Å². The molecule has 0 N–H and O–H groups in total. The fourth-order valence-corrected chi connectivity index (χ4v) is 4.29. The molecule has 3 nitrogen and oxygen atoms in total. The molecule has 1 aliphatic heterocycles. The quantitative estimate of drug-likeness (QED) is 0.704. The second-order valence-electron chi connectivity index (χ2n) is 7.35. The van der Waals surface area contributed by atoms with E-state index in [1.54, 1.807) is 0 Å². The summed E-state index contributed by atoms with van der Waals surface area (Å²) in [5, 5.41) is 2.25. The highest BCUT2D eigenvalue weighted by atomic mass is 16.1. The SMILES string of the molecule is O=C1C=C(N2CCN(Cc3ccccc3)CC2)c2cccc3cccc1c23. The van der Waals surface area contributed by atoms with E-state index in [2.05, 4.69) is 64.4 Å². The van der Waals surface area contributed by atoms with E-state index >= 15 is 0 Å². The first-order valence-corrected chi connectivity index (χ1v) is 9.59. The first kappa shape index (κ1) is 16.3. The number of hydrogen-bond acceptors (Lipinski definition) is 3. The number of hydrogen-bond donors (Lipinski definition) is 0. The van der Waals surface area contributed by atoms with Crippen molar-refractivity contribution in [2.45, 2.75) is 6.54 Å². The average Bonchev–Trinajstić information content (AvgIpc) is 2.72. The van der Waals surface area contributed by atoms with Crippen molar-refractivity contribution < 1.29 is 4.79 Å². The van der Waals surface area contributed by atoms with Crippen molar-refractivity contribution in [2.24, 2.45) is 0 Å². The van der Waals surface area contributed by atoms with Crippen molar-refractivity contribution >= 4 is 22.3 Å². The van der Waals surface area contributed by atoms with E-state index in [0.717, 1.165) is 54.8 Å². The zero-order valence-corrected chi connectivity index (χ0v) is 15.3. The highest BCUT2D eigenvalue weighted by Crippen LogP contribution is 2.35. The number of benzene rings is 3. The third-order valence-electron chi connectivity index (χ3n) is 5.68. The Morgan fingerprint density at radius 1 is 0.741 bits per heavy atom. The van der Waals surface area contributed by atoms with Gasteiger partial charge in [-0.25, -0.2) is 0 Å². The highest BCUT2D eigenvalue weighted by molar-refractivity contribution is 6.21. The molecule has 1 fully saturated rings. The summed E-state index contributed by atoms with van der Waals surface area (Å²) in [4.78, 5) is 17.6. The average molecular weight is 354 g/mol. The number of allylic oxidation sites excluding steroid dienone is 1. The summed E-state index contributed by atoms with van der Waals surface area (Å²) < 4.78 is 0. The lowest BCUT2D eigenvalue weighted by Gasteiger charge is -2.38. The highest BCUT2D eigenvalue weighted by Gasteiger charge is 2.26. The molecule has 0 unspecified atom stereocenters. The zero-order chi connectivity index (χ0) is 18.2. The van der Waals surface area contributed by atoms with E-state index in [9.17, 15) is 4.79 Å². The van der Waals surface area contributed by atoms with E-state index in [1.165, 1.54) is 11.1 Å². The van der Waals surface area contributed by atoms with E-state index in [-0.39, 0.29) is 5.78 Å². The van der Waals surface area contributed by atoms with Gasteiger partial charge in [0.1, 0.15) is 0 Å². The minimum atomic E-state index is 0.126. The Labute approximate surface area is 159 Å². The molecule has 3 aromatic rings. The van der Waals surface area contributed by atoms with Gasteiger partial charge in [0, 0.05) is 61.0 Å². The molecular weight excluding hydrogens is 332 g/mol. The molecule has 27 heavy (non-hydrogen) atoms. The Hall–Kier alpha value is -2.91. The maximum atomic E-state index is 12.7. The summed E-state index contributed by atoms with van der Waals surface area (Å²) in [5.74, 6) is 0.126. The third kappa shape index (κ3) is 2.94. The molecule has 0 radical (unpaired) electrons. The van der Waals surface area contributed by atoms with Crippen LogP contribution >= 0.6 is 0 Å². The number of carbonyl (C=O) groups is 1. The van der Waals surface area contributed by atoms with Gasteiger partial charge in [-0.05, 0) is 10.9 Å². The maximum Gasteiger partial charge on any atom is 0.188 e. The van der Waals surface area contributed by atoms with Crippen LogP contribution in [0.2, 0.25) is 0 Å². The molecule has 5 rings (SSSR count). The van der Waals surface area contributed by atoms with Crippen LogP contribution in [0.15, 0.2) is 72.8 Å². The lowest BCUT2D eigenvalue weighted by atomic mass is 9.89. The number of piperazine rings is 1. The summed E-state index contributed by atoms with van der Waals surface area (Å²) in [6.45, 7) is 4.91. The van der Waals surface area contributed by atoms with Crippen LogP contribution in [-0.2, 0) is 6.54 Å². The van der Waals surface area contributed by atoms with Crippen molar-refractivity contribution in [1.29, 1.82) is 0 Å². The Kier molecular flexibility index (Phi) is 4.02. The largest absolute Gasteiger partial charge is 0.368 e. The van der Waals surface area contributed by atoms with Crippen LogP contribution in [0.4, 0.5) is 0 Å². The number of carbonyl (C=O) groups excluding carboxylic acids is 1.